The maximum absolute atomic E-state index is 12.4. The Kier molecular flexibility index (Phi) is 5.44. The molecule has 0 aromatic heterocycles. The molecule has 1 heterocycles. The first kappa shape index (κ1) is 17.3. The van der Waals surface area contributed by atoms with E-state index < -0.39 is 0 Å². The van der Waals surface area contributed by atoms with Crippen LogP contribution in [-0.2, 0) is 16.0 Å². The summed E-state index contributed by atoms with van der Waals surface area (Å²) in [6.07, 6.45) is 3.58. The molecule has 1 aliphatic heterocycles. The van der Waals surface area contributed by atoms with Crippen molar-refractivity contribution >= 4 is 23.4 Å². The predicted molar refractivity (Wildman–Crippen MR) is 94.8 cm³/mol. The minimum atomic E-state index is 0.148. The molecule has 2 aliphatic rings. The molecule has 2 fully saturated rings. The number of piperazine rings is 1. The zero-order chi connectivity index (χ0) is 17.1. The van der Waals surface area contributed by atoms with Gasteiger partial charge in [-0.05, 0) is 42.9 Å². The van der Waals surface area contributed by atoms with Gasteiger partial charge in [-0.15, -0.1) is 0 Å². The lowest BCUT2D eigenvalue weighted by atomic mass is 10.0. The Morgan fingerprint density at radius 3 is 2.46 bits per heavy atom. The van der Waals surface area contributed by atoms with Crippen LogP contribution in [0.1, 0.15) is 31.7 Å². The molecular weight excluding hydrogens is 324 g/mol. The molecule has 2 amide bonds. The van der Waals surface area contributed by atoms with Crippen LogP contribution in [0, 0.1) is 11.8 Å². The van der Waals surface area contributed by atoms with E-state index in [2.05, 4.69) is 0 Å². The first-order valence-electron chi connectivity index (χ1n) is 8.85. The fourth-order valence-corrected chi connectivity index (χ4v) is 3.58. The molecule has 0 N–H and O–H groups in total. The second kappa shape index (κ2) is 7.56. The van der Waals surface area contributed by atoms with Crippen molar-refractivity contribution < 1.29 is 9.59 Å². The molecular formula is C19H25ClN2O2. The van der Waals surface area contributed by atoms with Gasteiger partial charge in [0.25, 0.3) is 0 Å². The maximum atomic E-state index is 12.4. The Labute approximate surface area is 148 Å². The van der Waals surface area contributed by atoms with Gasteiger partial charge in [0.1, 0.15) is 0 Å². The van der Waals surface area contributed by atoms with E-state index in [1.807, 2.05) is 41.0 Å². The lowest BCUT2D eigenvalue weighted by molar-refractivity contribution is -0.142. The van der Waals surface area contributed by atoms with Crippen molar-refractivity contribution in [2.75, 3.05) is 26.2 Å². The number of carbonyl (C=O) groups is 2. The molecule has 1 aliphatic carbocycles. The number of rotatable bonds is 5. The Balaban J connectivity index is 1.44. The van der Waals surface area contributed by atoms with Gasteiger partial charge < -0.3 is 9.80 Å². The molecule has 1 atom stereocenters. The topological polar surface area (TPSA) is 40.6 Å². The third-order valence-electron chi connectivity index (χ3n) is 5.18. The zero-order valence-corrected chi connectivity index (χ0v) is 15.0. The van der Waals surface area contributed by atoms with Gasteiger partial charge in [-0.2, -0.15) is 0 Å². The van der Waals surface area contributed by atoms with Crippen LogP contribution in [0.15, 0.2) is 24.3 Å². The lowest BCUT2D eigenvalue weighted by Gasteiger charge is -2.36. The number of amides is 2. The minimum Gasteiger partial charge on any atom is -0.339 e. The van der Waals surface area contributed by atoms with E-state index in [1.165, 1.54) is 12.8 Å². The third kappa shape index (κ3) is 4.29. The van der Waals surface area contributed by atoms with Crippen LogP contribution in [0.2, 0.25) is 5.02 Å². The maximum Gasteiger partial charge on any atom is 0.225 e. The summed E-state index contributed by atoms with van der Waals surface area (Å²) in [5.74, 6) is 1.17. The van der Waals surface area contributed by atoms with Gasteiger partial charge in [0.2, 0.25) is 11.8 Å². The van der Waals surface area contributed by atoms with Crippen LogP contribution in [0.4, 0.5) is 0 Å². The summed E-state index contributed by atoms with van der Waals surface area (Å²) in [5.41, 5.74) is 1.09. The van der Waals surface area contributed by atoms with E-state index in [4.69, 9.17) is 11.6 Å². The van der Waals surface area contributed by atoms with Crippen molar-refractivity contribution in [2.24, 2.45) is 11.8 Å². The van der Waals surface area contributed by atoms with Crippen LogP contribution < -0.4 is 0 Å². The number of aryl methyl sites for hydroxylation is 1. The predicted octanol–water partition coefficient (Wildman–Crippen LogP) is 2.99. The van der Waals surface area contributed by atoms with E-state index in [-0.39, 0.29) is 17.7 Å². The summed E-state index contributed by atoms with van der Waals surface area (Å²) in [6, 6.07) is 7.65. The quantitative estimate of drug-likeness (QED) is 0.820. The monoisotopic (exact) mass is 348 g/mol. The van der Waals surface area contributed by atoms with Crippen LogP contribution in [0.25, 0.3) is 0 Å². The van der Waals surface area contributed by atoms with Crippen molar-refractivity contribution in [3.63, 3.8) is 0 Å². The highest BCUT2D eigenvalue weighted by Crippen LogP contribution is 2.37. The zero-order valence-electron chi connectivity index (χ0n) is 14.2. The number of hydrogen-bond acceptors (Lipinski definition) is 2. The van der Waals surface area contributed by atoms with Crippen LogP contribution >= 0.6 is 11.6 Å². The van der Waals surface area contributed by atoms with Crippen LogP contribution in [-0.4, -0.2) is 47.8 Å². The molecule has 24 heavy (non-hydrogen) atoms. The number of hydrogen-bond donors (Lipinski definition) is 0. The fraction of sp³-hybridized carbons (Fsp3) is 0.579. The summed E-state index contributed by atoms with van der Waals surface area (Å²) in [7, 11) is 0. The van der Waals surface area contributed by atoms with Gasteiger partial charge in [-0.3, -0.25) is 9.59 Å². The fourth-order valence-electron chi connectivity index (χ4n) is 3.36. The molecule has 1 unspecified atom stereocenters. The van der Waals surface area contributed by atoms with Gasteiger partial charge >= 0.3 is 0 Å². The Bertz CT molecular complexity index is 607. The summed E-state index contributed by atoms with van der Waals surface area (Å²) < 4.78 is 0. The Morgan fingerprint density at radius 1 is 1.17 bits per heavy atom. The highest BCUT2D eigenvalue weighted by atomic mass is 35.5. The van der Waals surface area contributed by atoms with Crippen molar-refractivity contribution in [1.29, 1.82) is 0 Å². The normalized spacial score (nSPS) is 19.2. The second-order valence-electron chi connectivity index (χ2n) is 6.96. The first-order valence-corrected chi connectivity index (χ1v) is 9.23. The molecule has 1 aromatic rings. The molecule has 130 valence electrons. The van der Waals surface area contributed by atoms with Gasteiger partial charge in [0, 0.05) is 43.5 Å². The highest BCUT2D eigenvalue weighted by Gasteiger charge is 2.36. The molecule has 0 bridgehead atoms. The summed E-state index contributed by atoms with van der Waals surface area (Å²) >= 11 is 5.97. The minimum absolute atomic E-state index is 0.148. The summed E-state index contributed by atoms with van der Waals surface area (Å²) in [4.78, 5) is 28.6. The highest BCUT2D eigenvalue weighted by molar-refractivity contribution is 6.30. The van der Waals surface area contributed by atoms with Gasteiger partial charge in [-0.1, -0.05) is 30.7 Å². The third-order valence-corrected chi connectivity index (χ3v) is 5.41. The number of halogens is 1. The largest absolute Gasteiger partial charge is 0.339 e. The van der Waals surface area contributed by atoms with Crippen molar-refractivity contribution in [3.8, 4) is 0 Å². The summed E-state index contributed by atoms with van der Waals surface area (Å²) in [5, 5.41) is 0.705. The van der Waals surface area contributed by atoms with Crippen molar-refractivity contribution in [1.82, 2.24) is 9.80 Å². The number of nitrogens with zero attached hydrogens (tertiary/aromatic N) is 2. The average molecular weight is 349 g/mol. The SMILES string of the molecule is CC(C(=O)N1CCN(C(=O)CCc2cccc(Cl)c2)CC1)C1CC1. The second-order valence-corrected chi connectivity index (χ2v) is 7.40. The lowest BCUT2D eigenvalue weighted by Crippen LogP contribution is -2.52. The molecule has 0 radical (unpaired) electrons. The van der Waals surface area contributed by atoms with E-state index in [0.29, 0.717) is 50.0 Å². The van der Waals surface area contributed by atoms with E-state index in [1.54, 1.807) is 0 Å². The summed E-state index contributed by atoms with van der Waals surface area (Å²) in [6.45, 7) is 4.68. The molecule has 3 rings (SSSR count). The Hall–Kier alpha value is -1.55. The standard InChI is InChI=1S/C19H25ClN2O2/c1-14(16-6-7-16)19(24)22-11-9-21(10-12-22)18(23)8-5-15-3-2-4-17(20)13-15/h2-4,13-14,16H,5-12H2,1H3. The van der Waals surface area contributed by atoms with Gasteiger partial charge in [0.15, 0.2) is 0 Å². The molecule has 1 aromatic carbocycles. The first-order chi connectivity index (χ1) is 11.5. The molecule has 5 heteroatoms. The molecule has 4 nitrogen and oxygen atoms in total. The molecule has 0 spiro atoms. The van der Waals surface area contributed by atoms with E-state index in [9.17, 15) is 9.59 Å². The van der Waals surface area contributed by atoms with Crippen LogP contribution in [0.3, 0.4) is 0 Å². The van der Waals surface area contributed by atoms with Crippen molar-refractivity contribution in [3.05, 3.63) is 34.9 Å². The Morgan fingerprint density at radius 2 is 1.83 bits per heavy atom. The number of carbonyl (C=O) groups excluding carboxylic acids is 2. The average Bonchev–Trinajstić information content (AvgIpc) is 3.44. The van der Waals surface area contributed by atoms with Crippen molar-refractivity contribution in [2.45, 2.75) is 32.6 Å². The smallest absolute Gasteiger partial charge is 0.225 e. The van der Waals surface area contributed by atoms with Gasteiger partial charge in [0.05, 0.1) is 0 Å². The van der Waals surface area contributed by atoms with E-state index >= 15 is 0 Å². The molecule has 1 saturated heterocycles. The number of benzene rings is 1. The van der Waals surface area contributed by atoms with Crippen LogP contribution in [0.5, 0.6) is 0 Å². The van der Waals surface area contributed by atoms with Gasteiger partial charge in [-0.25, -0.2) is 0 Å². The van der Waals surface area contributed by atoms with E-state index in [0.717, 1.165) is 5.56 Å². The molecule has 1 saturated carbocycles.